The van der Waals surface area contributed by atoms with E-state index in [9.17, 15) is 17.6 Å². The van der Waals surface area contributed by atoms with Crippen LogP contribution in [0.15, 0.2) is 51.8 Å². The summed E-state index contributed by atoms with van der Waals surface area (Å²) in [7, 11) is -4.02. The van der Waals surface area contributed by atoms with E-state index in [-0.39, 0.29) is 15.1 Å². The number of allylic oxidation sites excluding steroid dienone is 1. The van der Waals surface area contributed by atoms with Crippen LogP contribution in [-0.4, -0.2) is 14.4 Å². The molecule has 0 heterocycles. The first-order valence-corrected chi connectivity index (χ1v) is 9.21. The van der Waals surface area contributed by atoms with Gasteiger partial charge in [0.15, 0.2) is 0 Å². The van der Waals surface area contributed by atoms with Crippen molar-refractivity contribution < 1.29 is 17.6 Å². The molecule has 0 aromatic heterocycles. The van der Waals surface area contributed by atoms with Crippen molar-refractivity contribution in [2.45, 2.75) is 11.3 Å². The SMILES string of the molecule is O=C(Nc1ccc(Br)c(F)c1)NS(=O)(=O)c1ccc2c(c1)C=CC2. The van der Waals surface area contributed by atoms with Gasteiger partial charge in [0.25, 0.3) is 10.0 Å². The number of urea groups is 1. The molecule has 0 spiro atoms. The zero-order valence-electron chi connectivity index (χ0n) is 12.2. The molecule has 8 heteroatoms. The zero-order chi connectivity index (χ0) is 17.3. The molecule has 24 heavy (non-hydrogen) atoms. The Morgan fingerprint density at radius 1 is 1.17 bits per heavy atom. The molecular formula is C16H12BrFN2O3S. The van der Waals surface area contributed by atoms with Crippen molar-refractivity contribution in [2.24, 2.45) is 0 Å². The molecule has 0 fully saturated rings. The van der Waals surface area contributed by atoms with Crippen molar-refractivity contribution in [3.05, 3.63) is 63.9 Å². The van der Waals surface area contributed by atoms with Crippen molar-refractivity contribution >= 4 is 43.7 Å². The van der Waals surface area contributed by atoms with Gasteiger partial charge < -0.3 is 5.32 Å². The highest BCUT2D eigenvalue weighted by Gasteiger charge is 2.19. The summed E-state index contributed by atoms with van der Waals surface area (Å²) in [5.74, 6) is -0.568. The Morgan fingerprint density at radius 3 is 2.71 bits per heavy atom. The normalized spacial score (nSPS) is 12.8. The largest absolute Gasteiger partial charge is 0.333 e. The number of halogens is 2. The molecule has 0 saturated carbocycles. The molecule has 2 aromatic rings. The molecule has 124 valence electrons. The fourth-order valence-electron chi connectivity index (χ4n) is 2.31. The van der Waals surface area contributed by atoms with Gasteiger partial charge in [-0.05, 0) is 63.8 Å². The van der Waals surface area contributed by atoms with Gasteiger partial charge >= 0.3 is 6.03 Å². The molecule has 0 radical (unpaired) electrons. The van der Waals surface area contributed by atoms with Crippen LogP contribution in [-0.2, 0) is 16.4 Å². The van der Waals surface area contributed by atoms with E-state index in [2.05, 4.69) is 21.2 Å². The number of anilines is 1. The minimum atomic E-state index is -4.02. The molecule has 0 bridgehead atoms. The first-order valence-electron chi connectivity index (χ1n) is 6.93. The maximum Gasteiger partial charge on any atom is 0.333 e. The molecular weight excluding hydrogens is 399 g/mol. The number of hydrogen-bond donors (Lipinski definition) is 2. The highest BCUT2D eigenvalue weighted by atomic mass is 79.9. The fraction of sp³-hybridized carbons (Fsp3) is 0.0625. The van der Waals surface area contributed by atoms with Gasteiger partial charge in [-0.1, -0.05) is 18.2 Å². The second kappa shape index (κ2) is 6.37. The van der Waals surface area contributed by atoms with Crippen LogP contribution in [0, 0.1) is 5.82 Å². The summed E-state index contributed by atoms with van der Waals surface area (Å²) in [4.78, 5) is 11.9. The van der Waals surface area contributed by atoms with E-state index in [4.69, 9.17) is 0 Å². The van der Waals surface area contributed by atoms with Crippen molar-refractivity contribution in [1.82, 2.24) is 4.72 Å². The van der Waals surface area contributed by atoms with Crippen LogP contribution >= 0.6 is 15.9 Å². The lowest BCUT2D eigenvalue weighted by atomic mass is 10.1. The lowest BCUT2D eigenvalue weighted by Gasteiger charge is -2.10. The van der Waals surface area contributed by atoms with Crippen molar-refractivity contribution in [3.8, 4) is 0 Å². The van der Waals surface area contributed by atoms with E-state index in [0.29, 0.717) is 0 Å². The molecule has 2 amide bonds. The Hall–Kier alpha value is -2.19. The molecule has 5 nitrogen and oxygen atoms in total. The average molecular weight is 411 g/mol. The third kappa shape index (κ3) is 3.49. The van der Waals surface area contributed by atoms with Gasteiger partial charge in [-0.25, -0.2) is 22.3 Å². The Morgan fingerprint density at radius 2 is 1.96 bits per heavy atom. The Balaban J connectivity index is 1.75. The smallest absolute Gasteiger partial charge is 0.307 e. The number of carbonyl (C=O) groups excluding carboxylic acids is 1. The van der Waals surface area contributed by atoms with Crippen molar-refractivity contribution in [2.75, 3.05) is 5.32 Å². The number of nitrogens with one attached hydrogen (secondary N) is 2. The number of hydrogen-bond acceptors (Lipinski definition) is 3. The van der Waals surface area contributed by atoms with Crippen LogP contribution in [0.5, 0.6) is 0 Å². The number of carbonyl (C=O) groups is 1. The molecule has 1 aliphatic rings. The number of rotatable bonds is 3. The van der Waals surface area contributed by atoms with Crippen LogP contribution in [0.2, 0.25) is 0 Å². The number of fused-ring (bicyclic) bond motifs is 1. The topological polar surface area (TPSA) is 75.3 Å². The predicted octanol–water partition coefficient (Wildman–Crippen LogP) is 3.67. The minimum Gasteiger partial charge on any atom is -0.307 e. The quantitative estimate of drug-likeness (QED) is 0.810. The standard InChI is InChI=1S/C16H12BrFN2O3S/c17-14-7-5-12(9-15(14)18)19-16(21)20-24(22,23)13-6-4-10-2-1-3-11(10)8-13/h1,3-9H,2H2,(H2,19,20,21). The summed E-state index contributed by atoms with van der Waals surface area (Å²) in [6.45, 7) is 0. The summed E-state index contributed by atoms with van der Waals surface area (Å²) in [5.41, 5.74) is 1.98. The van der Waals surface area contributed by atoms with Crippen molar-refractivity contribution in [3.63, 3.8) is 0 Å². The lowest BCUT2D eigenvalue weighted by Crippen LogP contribution is -2.34. The predicted molar refractivity (Wildman–Crippen MR) is 92.6 cm³/mol. The number of amides is 2. The molecule has 0 saturated heterocycles. The third-order valence-electron chi connectivity index (χ3n) is 3.47. The molecule has 3 rings (SSSR count). The van der Waals surface area contributed by atoms with Crippen LogP contribution in [0.4, 0.5) is 14.9 Å². The van der Waals surface area contributed by atoms with Crippen LogP contribution in [0.3, 0.4) is 0 Å². The molecule has 2 aromatic carbocycles. The molecule has 0 atom stereocenters. The number of benzene rings is 2. The highest BCUT2D eigenvalue weighted by molar-refractivity contribution is 9.10. The monoisotopic (exact) mass is 410 g/mol. The third-order valence-corrected chi connectivity index (χ3v) is 5.44. The summed E-state index contributed by atoms with van der Waals surface area (Å²) in [5, 5.41) is 2.28. The molecule has 2 N–H and O–H groups in total. The maximum absolute atomic E-state index is 13.4. The minimum absolute atomic E-state index is 0.00932. The van der Waals surface area contributed by atoms with Gasteiger partial charge in [0.1, 0.15) is 5.82 Å². The highest BCUT2D eigenvalue weighted by Crippen LogP contribution is 2.23. The Bertz CT molecular complexity index is 958. The van der Waals surface area contributed by atoms with Gasteiger partial charge in [0.2, 0.25) is 0 Å². The van der Waals surface area contributed by atoms with E-state index >= 15 is 0 Å². The van der Waals surface area contributed by atoms with Gasteiger partial charge in [-0.2, -0.15) is 0 Å². The summed E-state index contributed by atoms with van der Waals surface area (Å²) in [6, 6.07) is 7.63. The zero-order valence-corrected chi connectivity index (χ0v) is 14.6. The van der Waals surface area contributed by atoms with E-state index in [1.807, 2.05) is 16.9 Å². The summed E-state index contributed by atoms with van der Waals surface area (Å²) < 4.78 is 40.1. The van der Waals surface area contributed by atoms with E-state index in [0.717, 1.165) is 23.6 Å². The molecule has 0 aliphatic heterocycles. The molecule has 0 unspecified atom stereocenters. The van der Waals surface area contributed by atoms with E-state index in [1.165, 1.54) is 24.3 Å². The van der Waals surface area contributed by atoms with Gasteiger partial charge in [-0.15, -0.1) is 0 Å². The Kier molecular flexibility index (Phi) is 4.42. The second-order valence-corrected chi connectivity index (χ2v) is 7.69. The molecule has 1 aliphatic carbocycles. The summed E-state index contributed by atoms with van der Waals surface area (Å²) >= 11 is 2.99. The van der Waals surface area contributed by atoms with Gasteiger partial charge in [-0.3, -0.25) is 0 Å². The first kappa shape index (κ1) is 16.7. The fourth-order valence-corrected chi connectivity index (χ4v) is 3.49. The number of sulfonamides is 1. The lowest BCUT2D eigenvalue weighted by molar-refractivity contribution is 0.256. The summed E-state index contributed by atoms with van der Waals surface area (Å²) in [6.07, 6.45) is 4.53. The van der Waals surface area contributed by atoms with E-state index in [1.54, 1.807) is 6.07 Å². The first-order chi connectivity index (χ1) is 11.3. The van der Waals surface area contributed by atoms with Crippen LogP contribution in [0.25, 0.3) is 6.08 Å². The van der Waals surface area contributed by atoms with Crippen molar-refractivity contribution in [1.29, 1.82) is 0 Å². The Labute approximate surface area is 146 Å². The van der Waals surface area contributed by atoms with Crippen LogP contribution in [0.1, 0.15) is 11.1 Å². The maximum atomic E-state index is 13.4. The average Bonchev–Trinajstić information content (AvgIpc) is 2.98. The second-order valence-electron chi connectivity index (χ2n) is 5.16. The van der Waals surface area contributed by atoms with E-state index < -0.39 is 21.9 Å². The van der Waals surface area contributed by atoms with Gasteiger partial charge in [0, 0.05) is 5.69 Å². The van der Waals surface area contributed by atoms with Gasteiger partial charge in [0.05, 0.1) is 9.37 Å². The van der Waals surface area contributed by atoms with Crippen LogP contribution < -0.4 is 10.0 Å².